The van der Waals surface area contributed by atoms with Gasteiger partial charge < -0.3 is 9.64 Å². The van der Waals surface area contributed by atoms with Gasteiger partial charge in [-0.15, -0.1) is 0 Å². The highest BCUT2D eigenvalue weighted by atomic mass is 35.5. The minimum absolute atomic E-state index is 0.725. The molecule has 0 radical (unpaired) electrons. The van der Waals surface area contributed by atoms with Gasteiger partial charge in [0.1, 0.15) is 17.4 Å². The molecule has 1 fully saturated rings. The van der Waals surface area contributed by atoms with E-state index in [-0.39, 0.29) is 0 Å². The molecule has 0 bridgehead atoms. The average molecular weight is 522 g/mol. The summed E-state index contributed by atoms with van der Waals surface area (Å²) in [5.41, 5.74) is 2.01. The number of ether oxygens (including phenoxy) is 1. The molecule has 4 nitrogen and oxygen atoms in total. The maximum absolute atomic E-state index is 5.81. The fourth-order valence-electron chi connectivity index (χ4n) is 4.07. The van der Waals surface area contributed by atoms with E-state index in [0.29, 0.717) is 0 Å². The molecule has 37 heavy (non-hydrogen) atoms. The van der Waals surface area contributed by atoms with Crippen molar-refractivity contribution in [1.82, 2.24) is 9.97 Å². The quantitative estimate of drug-likeness (QED) is 0.313. The van der Waals surface area contributed by atoms with E-state index in [2.05, 4.69) is 30.4 Å². The SMILES string of the molecule is C=C(CC)O/C(=C\C)c1ccc(Cl)cc1.CC1CCC(C)CC1.Cc1nc(N(C)C)c2ccccc2n1. The van der Waals surface area contributed by atoms with Crippen LogP contribution >= 0.6 is 11.6 Å². The van der Waals surface area contributed by atoms with Gasteiger partial charge in [-0.1, -0.05) is 76.8 Å². The molecule has 0 amide bonds. The van der Waals surface area contributed by atoms with Crippen LogP contribution in [0.4, 0.5) is 5.82 Å². The van der Waals surface area contributed by atoms with E-state index in [4.69, 9.17) is 16.3 Å². The van der Waals surface area contributed by atoms with Crippen LogP contribution in [0.3, 0.4) is 0 Å². The molecule has 1 saturated carbocycles. The van der Waals surface area contributed by atoms with Crippen molar-refractivity contribution in [2.24, 2.45) is 11.8 Å². The molecule has 0 unspecified atom stereocenters. The first-order valence-corrected chi connectivity index (χ1v) is 13.7. The van der Waals surface area contributed by atoms with Crippen molar-refractivity contribution in [3.63, 3.8) is 0 Å². The predicted octanol–water partition coefficient (Wildman–Crippen LogP) is 9.48. The van der Waals surface area contributed by atoms with Crippen LogP contribution < -0.4 is 4.90 Å². The van der Waals surface area contributed by atoms with Crippen LogP contribution in [0.25, 0.3) is 16.7 Å². The largest absolute Gasteiger partial charge is 0.462 e. The van der Waals surface area contributed by atoms with Gasteiger partial charge in [0, 0.05) is 36.5 Å². The molecule has 1 aliphatic carbocycles. The Hall–Kier alpha value is -2.85. The van der Waals surface area contributed by atoms with Crippen molar-refractivity contribution in [1.29, 1.82) is 0 Å². The summed E-state index contributed by atoms with van der Waals surface area (Å²) in [6.07, 6.45) is 8.62. The lowest BCUT2D eigenvalue weighted by Crippen LogP contribution is -2.12. The number of rotatable bonds is 5. The summed E-state index contributed by atoms with van der Waals surface area (Å²) in [6.45, 7) is 14.4. The molecular formula is C32H44ClN3O. The van der Waals surface area contributed by atoms with Gasteiger partial charge in [0.05, 0.1) is 11.3 Å². The molecule has 5 heteroatoms. The third kappa shape index (κ3) is 10.2. The lowest BCUT2D eigenvalue weighted by atomic mass is 9.84. The number of hydrogen-bond acceptors (Lipinski definition) is 4. The molecule has 1 heterocycles. The smallest absolute Gasteiger partial charge is 0.139 e. The molecule has 0 aliphatic heterocycles. The maximum atomic E-state index is 5.81. The number of para-hydroxylation sites is 1. The Morgan fingerprint density at radius 3 is 2.08 bits per heavy atom. The number of halogens is 1. The highest BCUT2D eigenvalue weighted by Crippen LogP contribution is 2.27. The van der Waals surface area contributed by atoms with Crippen molar-refractivity contribution in [2.75, 3.05) is 19.0 Å². The van der Waals surface area contributed by atoms with Crippen LogP contribution in [-0.4, -0.2) is 24.1 Å². The van der Waals surface area contributed by atoms with E-state index in [1.54, 1.807) is 0 Å². The first-order valence-electron chi connectivity index (χ1n) is 13.3. The first kappa shape index (κ1) is 30.4. The lowest BCUT2D eigenvalue weighted by molar-refractivity contribution is 0.308. The molecule has 1 aliphatic rings. The van der Waals surface area contributed by atoms with Crippen LogP contribution in [0.1, 0.15) is 71.2 Å². The van der Waals surface area contributed by atoms with Gasteiger partial charge in [-0.05, 0) is 68.2 Å². The van der Waals surface area contributed by atoms with Crippen molar-refractivity contribution < 1.29 is 4.74 Å². The van der Waals surface area contributed by atoms with E-state index in [1.165, 1.54) is 25.7 Å². The second kappa shape index (κ2) is 15.4. The number of allylic oxidation sites excluding steroid dienone is 2. The van der Waals surface area contributed by atoms with Gasteiger partial charge in [-0.3, -0.25) is 0 Å². The zero-order valence-corrected chi connectivity index (χ0v) is 24.5. The molecular weight excluding hydrogens is 478 g/mol. The first-order chi connectivity index (χ1) is 17.6. The van der Waals surface area contributed by atoms with Crippen LogP contribution in [0.2, 0.25) is 5.02 Å². The number of benzene rings is 2. The summed E-state index contributed by atoms with van der Waals surface area (Å²) in [6, 6.07) is 15.6. The summed E-state index contributed by atoms with van der Waals surface area (Å²) in [4.78, 5) is 10.8. The average Bonchev–Trinajstić information content (AvgIpc) is 2.89. The standard InChI is InChI=1S/C13H15ClO.C11H13N3.C8H16/c1-4-10(3)15-13(5-2)11-6-8-12(14)9-7-11;1-8-12-10-7-5-4-6-9(10)11(13-8)14(2)3;1-7-3-5-8(2)6-4-7/h5-9H,3-4H2,1-2H3;4-7H,1-3H3;7-8H,3-6H2,1-2H3/b13-5-;;. The second-order valence-electron chi connectivity index (χ2n) is 10.0. The van der Waals surface area contributed by atoms with Crippen LogP contribution in [0.15, 0.2) is 66.9 Å². The normalized spacial score (nSPS) is 17.1. The molecule has 3 aromatic rings. The van der Waals surface area contributed by atoms with Crippen LogP contribution in [0, 0.1) is 18.8 Å². The zero-order chi connectivity index (χ0) is 27.4. The molecule has 2 aromatic carbocycles. The van der Waals surface area contributed by atoms with Gasteiger partial charge in [0.25, 0.3) is 0 Å². The third-order valence-electron chi connectivity index (χ3n) is 6.46. The van der Waals surface area contributed by atoms with Crippen molar-refractivity contribution in [3.05, 3.63) is 83.4 Å². The molecule has 1 aromatic heterocycles. The second-order valence-corrected chi connectivity index (χ2v) is 10.5. The Kier molecular flexibility index (Phi) is 12.7. The maximum Gasteiger partial charge on any atom is 0.139 e. The van der Waals surface area contributed by atoms with Crippen LogP contribution in [-0.2, 0) is 4.74 Å². The Morgan fingerprint density at radius 1 is 1.00 bits per heavy atom. The summed E-state index contributed by atoms with van der Waals surface area (Å²) >= 11 is 5.81. The Balaban J connectivity index is 0.000000204. The number of nitrogens with zero attached hydrogens (tertiary/aromatic N) is 3. The predicted molar refractivity (Wildman–Crippen MR) is 161 cm³/mol. The number of aromatic nitrogens is 2. The van der Waals surface area contributed by atoms with Crippen molar-refractivity contribution in [2.45, 2.75) is 66.7 Å². The fraction of sp³-hybridized carbons (Fsp3) is 0.438. The number of hydrogen-bond donors (Lipinski definition) is 0. The van der Waals surface area contributed by atoms with Gasteiger partial charge >= 0.3 is 0 Å². The lowest BCUT2D eigenvalue weighted by Gasteiger charge is -2.22. The van der Waals surface area contributed by atoms with E-state index >= 15 is 0 Å². The van der Waals surface area contributed by atoms with Crippen molar-refractivity contribution >= 4 is 34.1 Å². The summed E-state index contributed by atoms with van der Waals surface area (Å²) in [7, 11) is 3.99. The number of aryl methyl sites for hydroxylation is 1. The highest BCUT2D eigenvalue weighted by Gasteiger charge is 2.13. The monoisotopic (exact) mass is 521 g/mol. The zero-order valence-electron chi connectivity index (χ0n) is 23.7. The van der Waals surface area contributed by atoms with E-state index < -0.39 is 0 Å². The topological polar surface area (TPSA) is 38.2 Å². The molecule has 4 rings (SSSR count). The van der Waals surface area contributed by atoms with Gasteiger partial charge in [0.2, 0.25) is 0 Å². The Morgan fingerprint density at radius 2 is 1.57 bits per heavy atom. The summed E-state index contributed by atoms with van der Waals surface area (Å²) in [5, 5.41) is 1.83. The minimum atomic E-state index is 0.725. The molecule has 0 atom stereocenters. The van der Waals surface area contributed by atoms with Gasteiger partial charge in [-0.25, -0.2) is 9.97 Å². The third-order valence-corrected chi connectivity index (χ3v) is 6.71. The minimum Gasteiger partial charge on any atom is -0.462 e. The number of fused-ring (bicyclic) bond motifs is 1. The van der Waals surface area contributed by atoms with E-state index in [1.807, 2.05) is 94.4 Å². The summed E-state index contributed by atoms with van der Waals surface area (Å²) in [5.74, 6) is 5.41. The Bertz CT molecular complexity index is 1140. The number of anilines is 1. The highest BCUT2D eigenvalue weighted by molar-refractivity contribution is 6.30. The van der Waals surface area contributed by atoms with E-state index in [9.17, 15) is 0 Å². The van der Waals surface area contributed by atoms with Gasteiger partial charge in [0.15, 0.2) is 0 Å². The molecule has 0 spiro atoms. The van der Waals surface area contributed by atoms with Crippen molar-refractivity contribution in [3.8, 4) is 0 Å². The van der Waals surface area contributed by atoms with Gasteiger partial charge in [-0.2, -0.15) is 0 Å². The van der Waals surface area contributed by atoms with Crippen LogP contribution in [0.5, 0.6) is 0 Å². The molecule has 0 N–H and O–H groups in total. The molecule has 200 valence electrons. The Labute approximate surface area is 229 Å². The fourth-order valence-corrected chi connectivity index (χ4v) is 4.19. The molecule has 0 saturated heterocycles. The summed E-state index contributed by atoms with van der Waals surface area (Å²) < 4.78 is 5.60. The van der Waals surface area contributed by atoms with E-state index in [0.717, 1.165) is 62.9 Å².